The van der Waals surface area contributed by atoms with Crippen LogP contribution in [0.1, 0.15) is 39.0 Å². The maximum Gasteiger partial charge on any atom is 0.410 e. The van der Waals surface area contributed by atoms with Crippen LogP contribution in [0.2, 0.25) is 0 Å². The normalized spacial score (nSPS) is 21.0. The van der Waals surface area contributed by atoms with E-state index in [1.807, 2.05) is 32.9 Å². The van der Waals surface area contributed by atoms with Gasteiger partial charge in [-0.3, -0.25) is 5.84 Å². The summed E-state index contributed by atoms with van der Waals surface area (Å²) in [5.74, 6) is 6.64. The van der Waals surface area contributed by atoms with Crippen molar-refractivity contribution < 1.29 is 13.9 Å². The quantitative estimate of drug-likeness (QED) is 0.654. The fraction of sp³-hybridized carbons (Fsp3) is 0.643. The lowest BCUT2D eigenvalue weighted by molar-refractivity contribution is 0.0284. The monoisotopic (exact) mass is 281 g/mol. The first-order chi connectivity index (χ1) is 9.40. The van der Waals surface area contributed by atoms with Gasteiger partial charge in [0, 0.05) is 19.0 Å². The van der Waals surface area contributed by atoms with Crippen LogP contribution in [0.15, 0.2) is 22.8 Å². The van der Waals surface area contributed by atoms with E-state index in [4.69, 9.17) is 15.0 Å². The van der Waals surface area contributed by atoms with E-state index in [1.54, 1.807) is 11.2 Å². The number of nitrogens with one attached hydrogen (secondary N) is 1. The van der Waals surface area contributed by atoms with Gasteiger partial charge in [-0.05, 0) is 39.3 Å². The largest absolute Gasteiger partial charge is 0.468 e. The molecule has 1 aliphatic rings. The SMILES string of the molecule is CC(C)(C)OC(=O)N1CCC(C(NN)c2ccco2)C1. The minimum absolute atomic E-state index is 0.0857. The Morgan fingerprint density at radius 3 is 2.90 bits per heavy atom. The zero-order valence-corrected chi connectivity index (χ0v) is 12.3. The van der Waals surface area contributed by atoms with E-state index in [0.29, 0.717) is 13.1 Å². The molecule has 2 unspecified atom stereocenters. The van der Waals surface area contributed by atoms with Crippen molar-refractivity contribution in [1.82, 2.24) is 10.3 Å². The summed E-state index contributed by atoms with van der Waals surface area (Å²) in [5, 5.41) is 0. The predicted molar refractivity (Wildman–Crippen MR) is 74.7 cm³/mol. The third-order valence-corrected chi connectivity index (χ3v) is 3.38. The van der Waals surface area contributed by atoms with Gasteiger partial charge in [0.1, 0.15) is 11.4 Å². The molecule has 1 aromatic rings. The first-order valence-corrected chi connectivity index (χ1v) is 6.88. The van der Waals surface area contributed by atoms with Gasteiger partial charge in [-0.15, -0.1) is 0 Å². The summed E-state index contributed by atoms with van der Waals surface area (Å²) in [6.45, 7) is 6.89. The maximum atomic E-state index is 12.0. The average Bonchev–Trinajstić information content (AvgIpc) is 2.98. The third kappa shape index (κ3) is 3.52. The van der Waals surface area contributed by atoms with Gasteiger partial charge in [-0.25, -0.2) is 10.2 Å². The number of likely N-dealkylation sites (tertiary alicyclic amines) is 1. The number of hydrazine groups is 1. The van der Waals surface area contributed by atoms with Crippen LogP contribution in [-0.2, 0) is 4.74 Å². The highest BCUT2D eigenvalue weighted by Gasteiger charge is 2.35. The molecule has 2 heterocycles. The highest BCUT2D eigenvalue weighted by atomic mass is 16.6. The van der Waals surface area contributed by atoms with Crippen molar-refractivity contribution in [2.45, 2.75) is 38.8 Å². The summed E-state index contributed by atoms with van der Waals surface area (Å²) in [6.07, 6.45) is 2.23. The summed E-state index contributed by atoms with van der Waals surface area (Å²) < 4.78 is 10.8. The van der Waals surface area contributed by atoms with Crippen LogP contribution in [0.5, 0.6) is 0 Å². The fourth-order valence-electron chi connectivity index (χ4n) is 2.47. The topological polar surface area (TPSA) is 80.7 Å². The summed E-state index contributed by atoms with van der Waals surface area (Å²) in [5.41, 5.74) is 2.31. The number of nitrogens with two attached hydrogens (primary N) is 1. The van der Waals surface area contributed by atoms with Gasteiger partial charge in [0.15, 0.2) is 0 Å². The number of nitrogens with zero attached hydrogens (tertiary/aromatic N) is 1. The Bertz CT molecular complexity index is 439. The molecule has 112 valence electrons. The van der Waals surface area contributed by atoms with Gasteiger partial charge < -0.3 is 14.1 Å². The number of amides is 1. The van der Waals surface area contributed by atoms with Gasteiger partial charge in [-0.2, -0.15) is 0 Å². The molecule has 1 saturated heterocycles. The van der Waals surface area contributed by atoms with E-state index in [2.05, 4.69) is 5.43 Å². The summed E-state index contributed by atoms with van der Waals surface area (Å²) in [7, 11) is 0. The predicted octanol–water partition coefficient (Wildman–Crippen LogP) is 2.04. The Morgan fingerprint density at radius 2 is 2.35 bits per heavy atom. The van der Waals surface area contributed by atoms with Crippen molar-refractivity contribution in [2.75, 3.05) is 13.1 Å². The first kappa shape index (κ1) is 14.9. The van der Waals surface area contributed by atoms with Crippen LogP contribution in [-0.4, -0.2) is 29.7 Å². The Hall–Kier alpha value is -1.53. The Morgan fingerprint density at radius 1 is 1.60 bits per heavy atom. The summed E-state index contributed by atoms with van der Waals surface area (Å²) in [4.78, 5) is 13.8. The smallest absolute Gasteiger partial charge is 0.410 e. The second-order valence-electron chi connectivity index (χ2n) is 6.13. The standard InChI is InChI=1S/C14H23N3O3/c1-14(2,3)20-13(18)17-7-6-10(9-17)12(16-15)11-5-4-8-19-11/h4-5,8,10,12,16H,6-7,9,15H2,1-3H3. The molecule has 1 fully saturated rings. The highest BCUT2D eigenvalue weighted by molar-refractivity contribution is 5.68. The van der Waals surface area contributed by atoms with Crippen molar-refractivity contribution in [2.24, 2.45) is 11.8 Å². The van der Waals surface area contributed by atoms with Crippen LogP contribution < -0.4 is 11.3 Å². The average molecular weight is 281 g/mol. The van der Waals surface area contributed by atoms with Gasteiger partial charge in [-0.1, -0.05) is 0 Å². The molecule has 0 radical (unpaired) electrons. The van der Waals surface area contributed by atoms with Gasteiger partial charge in [0.2, 0.25) is 0 Å². The Kier molecular flexibility index (Phi) is 4.35. The molecule has 6 heteroatoms. The minimum Gasteiger partial charge on any atom is -0.468 e. The molecule has 1 aliphatic heterocycles. The molecular formula is C14H23N3O3. The number of furan rings is 1. The third-order valence-electron chi connectivity index (χ3n) is 3.38. The van der Waals surface area contributed by atoms with Crippen molar-refractivity contribution >= 4 is 6.09 Å². The second kappa shape index (κ2) is 5.85. The lowest BCUT2D eigenvalue weighted by Gasteiger charge is -2.25. The van der Waals surface area contributed by atoms with Gasteiger partial charge in [0.25, 0.3) is 0 Å². The molecule has 1 aromatic heterocycles. The van der Waals surface area contributed by atoms with Crippen LogP contribution in [0.4, 0.5) is 4.79 Å². The molecule has 0 aromatic carbocycles. The number of carbonyl (C=O) groups excluding carboxylic acids is 1. The van der Waals surface area contributed by atoms with Crippen molar-refractivity contribution in [3.8, 4) is 0 Å². The van der Waals surface area contributed by atoms with Gasteiger partial charge >= 0.3 is 6.09 Å². The number of rotatable bonds is 3. The molecule has 0 aliphatic carbocycles. The highest BCUT2D eigenvalue weighted by Crippen LogP contribution is 2.30. The summed E-state index contributed by atoms with van der Waals surface area (Å²) in [6, 6.07) is 3.64. The molecule has 3 N–H and O–H groups in total. The van der Waals surface area contributed by atoms with Crippen molar-refractivity contribution in [3.05, 3.63) is 24.2 Å². The minimum atomic E-state index is -0.471. The first-order valence-electron chi connectivity index (χ1n) is 6.88. The van der Waals surface area contributed by atoms with E-state index >= 15 is 0 Å². The van der Waals surface area contributed by atoms with Crippen LogP contribution >= 0.6 is 0 Å². The number of hydrogen-bond acceptors (Lipinski definition) is 5. The molecule has 0 saturated carbocycles. The molecule has 6 nitrogen and oxygen atoms in total. The number of hydrogen-bond donors (Lipinski definition) is 2. The van der Waals surface area contributed by atoms with E-state index in [9.17, 15) is 4.79 Å². The summed E-state index contributed by atoms with van der Waals surface area (Å²) >= 11 is 0. The Labute approximate surface area is 119 Å². The molecule has 2 rings (SSSR count). The van der Waals surface area contributed by atoms with Gasteiger partial charge in [0.05, 0.1) is 12.3 Å². The Balaban J connectivity index is 1.96. The fourth-order valence-corrected chi connectivity index (χ4v) is 2.47. The maximum absolute atomic E-state index is 12.0. The van der Waals surface area contributed by atoms with Crippen molar-refractivity contribution in [3.63, 3.8) is 0 Å². The lowest BCUT2D eigenvalue weighted by Crippen LogP contribution is -2.38. The second-order valence-corrected chi connectivity index (χ2v) is 6.13. The van der Waals surface area contributed by atoms with Crippen LogP contribution in [0.3, 0.4) is 0 Å². The van der Waals surface area contributed by atoms with Crippen molar-refractivity contribution in [1.29, 1.82) is 0 Å². The van der Waals surface area contributed by atoms with Crippen LogP contribution in [0, 0.1) is 5.92 Å². The molecule has 2 atom stereocenters. The van der Waals surface area contributed by atoms with E-state index in [1.165, 1.54) is 0 Å². The lowest BCUT2D eigenvalue weighted by atomic mass is 9.97. The number of ether oxygens (including phenoxy) is 1. The molecular weight excluding hydrogens is 258 g/mol. The van der Waals surface area contributed by atoms with E-state index < -0.39 is 5.60 Å². The molecule has 1 amide bonds. The number of carbonyl (C=O) groups is 1. The molecule has 20 heavy (non-hydrogen) atoms. The van der Waals surface area contributed by atoms with E-state index in [-0.39, 0.29) is 18.1 Å². The molecule has 0 bridgehead atoms. The van der Waals surface area contributed by atoms with E-state index in [0.717, 1.165) is 12.2 Å². The molecule has 0 spiro atoms. The zero-order valence-electron chi connectivity index (χ0n) is 12.3. The zero-order chi connectivity index (χ0) is 14.8. The van der Waals surface area contributed by atoms with Crippen LogP contribution in [0.25, 0.3) is 0 Å².